The number of carboxylic acids is 1. The van der Waals surface area contributed by atoms with Gasteiger partial charge in [-0.2, -0.15) is 0 Å². The smallest absolute Gasteiger partial charge is 0.303 e. The number of aromatic nitrogens is 2. The Labute approximate surface area is 117 Å². The molecule has 0 amide bonds. The molecule has 1 heterocycles. The van der Waals surface area contributed by atoms with Crippen molar-refractivity contribution in [2.24, 2.45) is 5.41 Å². The first-order valence-corrected chi connectivity index (χ1v) is 6.96. The quantitative estimate of drug-likeness (QED) is 0.830. The van der Waals surface area contributed by atoms with Crippen molar-refractivity contribution in [3.63, 3.8) is 0 Å². The van der Waals surface area contributed by atoms with E-state index in [4.69, 9.17) is 5.11 Å². The van der Waals surface area contributed by atoms with Gasteiger partial charge in [0, 0.05) is 25.0 Å². The topological polar surface area (TPSA) is 84.2 Å². The molecule has 1 aromatic heterocycles. The Morgan fingerprint density at radius 2 is 2.25 bits per heavy atom. The lowest BCUT2D eigenvalue weighted by Gasteiger charge is -2.40. The SMILES string of the molecule is CC(C)n1ccnc(NCC2(CC(=O)O)CCC2)c1=O. The van der Waals surface area contributed by atoms with E-state index >= 15 is 0 Å². The Morgan fingerprint density at radius 1 is 1.55 bits per heavy atom. The van der Waals surface area contributed by atoms with Crippen molar-refractivity contribution in [2.75, 3.05) is 11.9 Å². The van der Waals surface area contributed by atoms with Crippen LogP contribution in [-0.4, -0.2) is 27.2 Å². The Kier molecular flexibility index (Phi) is 4.11. The maximum absolute atomic E-state index is 12.2. The van der Waals surface area contributed by atoms with Crippen LogP contribution in [0.25, 0.3) is 0 Å². The third-order valence-electron chi connectivity index (χ3n) is 4.00. The predicted octanol–water partition coefficient (Wildman–Crippen LogP) is 1.88. The van der Waals surface area contributed by atoms with Gasteiger partial charge in [0.15, 0.2) is 5.82 Å². The summed E-state index contributed by atoms with van der Waals surface area (Å²) in [5, 5.41) is 12.0. The number of carbonyl (C=O) groups is 1. The summed E-state index contributed by atoms with van der Waals surface area (Å²) in [6.07, 6.45) is 6.22. The summed E-state index contributed by atoms with van der Waals surface area (Å²) in [5.74, 6) is -0.482. The zero-order valence-corrected chi connectivity index (χ0v) is 11.9. The molecule has 2 N–H and O–H groups in total. The highest BCUT2D eigenvalue weighted by Crippen LogP contribution is 2.43. The maximum Gasteiger partial charge on any atom is 0.303 e. The van der Waals surface area contributed by atoms with E-state index in [0.717, 1.165) is 19.3 Å². The summed E-state index contributed by atoms with van der Waals surface area (Å²) in [4.78, 5) is 27.2. The zero-order chi connectivity index (χ0) is 14.8. The minimum atomic E-state index is -0.785. The molecule has 0 aromatic carbocycles. The van der Waals surface area contributed by atoms with Gasteiger partial charge in [-0.3, -0.25) is 9.59 Å². The first-order valence-electron chi connectivity index (χ1n) is 6.96. The molecule has 110 valence electrons. The minimum absolute atomic E-state index is 0.0720. The summed E-state index contributed by atoms with van der Waals surface area (Å²) in [7, 11) is 0. The van der Waals surface area contributed by atoms with E-state index in [1.807, 2.05) is 13.8 Å². The standard InChI is InChI=1S/C14H21N3O3/c1-10(2)17-7-6-15-12(13(17)20)16-9-14(4-3-5-14)8-11(18)19/h6-7,10H,3-5,8-9H2,1-2H3,(H,15,16)(H,18,19). The molecule has 0 radical (unpaired) electrons. The van der Waals surface area contributed by atoms with Crippen LogP contribution in [0.3, 0.4) is 0 Å². The number of rotatable bonds is 6. The number of aliphatic carboxylic acids is 1. The van der Waals surface area contributed by atoms with E-state index in [2.05, 4.69) is 10.3 Å². The number of hydrogen-bond donors (Lipinski definition) is 2. The van der Waals surface area contributed by atoms with E-state index in [1.54, 1.807) is 17.0 Å². The summed E-state index contributed by atoms with van der Waals surface area (Å²) >= 11 is 0. The van der Waals surface area contributed by atoms with Gasteiger partial charge in [-0.1, -0.05) is 6.42 Å². The highest BCUT2D eigenvalue weighted by molar-refractivity contribution is 5.68. The van der Waals surface area contributed by atoms with Crippen molar-refractivity contribution in [3.8, 4) is 0 Å². The van der Waals surface area contributed by atoms with Crippen molar-refractivity contribution in [2.45, 2.75) is 45.6 Å². The molecule has 1 aromatic rings. The van der Waals surface area contributed by atoms with Gasteiger partial charge in [-0.05, 0) is 32.1 Å². The fourth-order valence-corrected chi connectivity index (χ4v) is 2.64. The maximum atomic E-state index is 12.2. The van der Waals surface area contributed by atoms with E-state index in [0.29, 0.717) is 12.4 Å². The zero-order valence-electron chi connectivity index (χ0n) is 11.9. The molecule has 20 heavy (non-hydrogen) atoms. The molecule has 1 fully saturated rings. The summed E-state index contributed by atoms with van der Waals surface area (Å²) in [6, 6.07) is 0.0720. The van der Waals surface area contributed by atoms with Crippen LogP contribution in [0.15, 0.2) is 17.2 Å². The second-order valence-corrected chi connectivity index (χ2v) is 5.86. The summed E-state index contributed by atoms with van der Waals surface area (Å²) in [5.41, 5.74) is -0.384. The number of carboxylic acid groups (broad SMARTS) is 1. The highest BCUT2D eigenvalue weighted by atomic mass is 16.4. The Morgan fingerprint density at radius 3 is 2.75 bits per heavy atom. The molecular formula is C14H21N3O3. The van der Waals surface area contributed by atoms with E-state index in [1.165, 1.54) is 0 Å². The van der Waals surface area contributed by atoms with Gasteiger partial charge in [0.1, 0.15) is 0 Å². The fraction of sp³-hybridized carbons (Fsp3) is 0.643. The Bertz CT molecular complexity index is 547. The second kappa shape index (κ2) is 5.64. The molecule has 0 bridgehead atoms. The average molecular weight is 279 g/mol. The van der Waals surface area contributed by atoms with Gasteiger partial charge in [-0.25, -0.2) is 4.98 Å². The van der Waals surface area contributed by atoms with Crippen LogP contribution >= 0.6 is 0 Å². The lowest BCUT2D eigenvalue weighted by Crippen LogP contribution is -2.40. The fourth-order valence-electron chi connectivity index (χ4n) is 2.64. The molecule has 2 rings (SSSR count). The third kappa shape index (κ3) is 3.00. The molecule has 0 spiro atoms. The van der Waals surface area contributed by atoms with Crippen LogP contribution in [0.4, 0.5) is 5.82 Å². The number of nitrogens with one attached hydrogen (secondary N) is 1. The summed E-state index contributed by atoms with van der Waals surface area (Å²) < 4.78 is 1.61. The van der Waals surface area contributed by atoms with Gasteiger partial charge in [0.25, 0.3) is 5.56 Å². The first-order chi connectivity index (χ1) is 9.43. The Balaban J connectivity index is 2.09. The van der Waals surface area contributed by atoms with E-state index in [9.17, 15) is 9.59 Å². The third-order valence-corrected chi connectivity index (χ3v) is 4.00. The monoisotopic (exact) mass is 279 g/mol. The number of nitrogens with zero attached hydrogens (tertiary/aromatic N) is 2. The van der Waals surface area contributed by atoms with Crippen molar-refractivity contribution in [1.82, 2.24) is 9.55 Å². The highest BCUT2D eigenvalue weighted by Gasteiger charge is 2.39. The molecule has 0 atom stereocenters. The predicted molar refractivity (Wildman–Crippen MR) is 75.9 cm³/mol. The molecule has 1 saturated carbocycles. The molecule has 0 aliphatic heterocycles. The molecule has 0 unspecified atom stereocenters. The van der Waals surface area contributed by atoms with Crippen LogP contribution < -0.4 is 10.9 Å². The second-order valence-electron chi connectivity index (χ2n) is 5.86. The largest absolute Gasteiger partial charge is 0.481 e. The molecule has 6 heteroatoms. The van der Waals surface area contributed by atoms with Crippen LogP contribution in [0.2, 0.25) is 0 Å². The average Bonchev–Trinajstić information content (AvgIpc) is 2.33. The normalized spacial score (nSPS) is 16.8. The van der Waals surface area contributed by atoms with Crippen LogP contribution in [0.1, 0.15) is 45.6 Å². The van der Waals surface area contributed by atoms with E-state index in [-0.39, 0.29) is 23.4 Å². The van der Waals surface area contributed by atoms with Crippen molar-refractivity contribution >= 4 is 11.8 Å². The van der Waals surface area contributed by atoms with Crippen molar-refractivity contribution in [3.05, 3.63) is 22.7 Å². The lowest BCUT2D eigenvalue weighted by molar-refractivity contribution is -0.141. The molecule has 1 aliphatic carbocycles. The van der Waals surface area contributed by atoms with Gasteiger partial charge in [0.05, 0.1) is 6.42 Å². The molecule has 1 aliphatic rings. The minimum Gasteiger partial charge on any atom is -0.481 e. The van der Waals surface area contributed by atoms with Crippen LogP contribution in [0, 0.1) is 5.41 Å². The molecule has 0 saturated heterocycles. The van der Waals surface area contributed by atoms with Crippen LogP contribution in [-0.2, 0) is 4.79 Å². The molecule has 6 nitrogen and oxygen atoms in total. The van der Waals surface area contributed by atoms with Crippen molar-refractivity contribution < 1.29 is 9.90 Å². The van der Waals surface area contributed by atoms with E-state index < -0.39 is 5.97 Å². The first kappa shape index (κ1) is 14.6. The molecular weight excluding hydrogens is 258 g/mol. The van der Waals surface area contributed by atoms with Crippen molar-refractivity contribution in [1.29, 1.82) is 0 Å². The summed E-state index contributed by atoms with van der Waals surface area (Å²) in [6.45, 7) is 4.36. The number of hydrogen-bond acceptors (Lipinski definition) is 4. The van der Waals surface area contributed by atoms with Gasteiger partial charge in [-0.15, -0.1) is 0 Å². The van der Waals surface area contributed by atoms with Crippen LogP contribution in [0.5, 0.6) is 0 Å². The van der Waals surface area contributed by atoms with Gasteiger partial charge < -0.3 is 15.0 Å². The lowest BCUT2D eigenvalue weighted by atomic mass is 9.66. The van der Waals surface area contributed by atoms with Gasteiger partial charge >= 0.3 is 5.97 Å². The van der Waals surface area contributed by atoms with Gasteiger partial charge in [0.2, 0.25) is 0 Å². The Hall–Kier alpha value is -1.85. The number of anilines is 1.